The molecule has 1 saturated heterocycles. The molecule has 2 heterocycles. The maximum absolute atomic E-state index is 11.4. The Morgan fingerprint density at radius 1 is 1.50 bits per heavy atom. The number of aryl methyl sites for hydroxylation is 1. The van der Waals surface area contributed by atoms with Gasteiger partial charge in [0.15, 0.2) is 0 Å². The highest BCUT2D eigenvalue weighted by Gasteiger charge is 2.17. The van der Waals surface area contributed by atoms with E-state index in [-0.39, 0.29) is 10.6 Å². The van der Waals surface area contributed by atoms with Crippen LogP contribution in [-0.4, -0.2) is 64.5 Å². The molecule has 0 spiro atoms. The monoisotopic (exact) mass is 299 g/mol. The van der Waals surface area contributed by atoms with Gasteiger partial charge in [0.1, 0.15) is 10.6 Å². The minimum atomic E-state index is -1.07. The zero-order valence-corrected chi connectivity index (χ0v) is 12.0. The summed E-state index contributed by atoms with van der Waals surface area (Å²) >= 11 is 1.30. The van der Waals surface area contributed by atoms with Crippen LogP contribution in [0.3, 0.4) is 0 Å². The zero-order chi connectivity index (χ0) is 14.5. The number of hydrogen-bond donors (Lipinski definition) is 2. The highest BCUT2D eigenvalue weighted by Crippen LogP contribution is 2.20. The Labute approximate surface area is 120 Å². The topological polar surface area (TPSA) is 95.5 Å². The van der Waals surface area contributed by atoms with Crippen LogP contribution in [0.1, 0.15) is 16.1 Å². The fraction of sp³-hybridized carbons (Fsp3) is 0.583. The Balaban J connectivity index is 2.01. The van der Waals surface area contributed by atoms with Gasteiger partial charge in [0, 0.05) is 31.1 Å². The maximum atomic E-state index is 11.4. The van der Waals surface area contributed by atoms with E-state index >= 15 is 0 Å². The number of carboxylic acid groups (broad SMARTS) is 1. The summed E-state index contributed by atoms with van der Waals surface area (Å²) in [6.45, 7) is 5.61. The molecule has 0 radical (unpaired) electrons. The summed E-state index contributed by atoms with van der Waals surface area (Å²) < 4.78 is 5.26. The van der Waals surface area contributed by atoms with Crippen molar-refractivity contribution in [2.45, 2.75) is 11.9 Å². The average molecular weight is 299 g/mol. The van der Waals surface area contributed by atoms with Gasteiger partial charge in [-0.15, -0.1) is 11.8 Å². The molecule has 0 aliphatic carbocycles. The van der Waals surface area contributed by atoms with Crippen molar-refractivity contribution in [2.24, 2.45) is 0 Å². The number of hydrogen-bond acceptors (Lipinski definition) is 6. The number of nitrogens with zero attached hydrogens (tertiary/aromatic N) is 2. The molecule has 1 aliphatic rings. The Bertz CT molecular complexity index is 540. The molecule has 0 amide bonds. The lowest BCUT2D eigenvalue weighted by Crippen LogP contribution is -2.37. The van der Waals surface area contributed by atoms with Crippen LogP contribution < -0.4 is 5.69 Å². The van der Waals surface area contributed by atoms with E-state index in [1.54, 1.807) is 6.92 Å². The predicted octanol–water partition coefficient (Wildman–Crippen LogP) is 0.201. The number of morpholine rings is 1. The lowest BCUT2D eigenvalue weighted by atomic mass is 10.2. The number of thioether (sulfide) groups is 1. The molecule has 1 fully saturated rings. The molecular formula is C12H17N3O4S. The number of carboxylic acids is 1. The van der Waals surface area contributed by atoms with Gasteiger partial charge in [0.25, 0.3) is 0 Å². The molecule has 2 rings (SSSR count). The molecule has 20 heavy (non-hydrogen) atoms. The van der Waals surface area contributed by atoms with Gasteiger partial charge in [-0.2, -0.15) is 4.98 Å². The first-order valence-electron chi connectivity index (χ1n) is 6.35. The van der Waals surface area contributed by atoms with Gasteiger partial charge in [-0.1, -0.05) is 0 Å². The minimum absolute atomic E-state index is 0.0802. The van der Waals surface area contributed by atoms with E-state index in [0.717, 1.165) is 32.8 Å². The van der Waals surface area contributed by atoms with Gasteiger partial charge in [-0.3, -0.25) is 4.90 Å². The van der Waals surface area contributed by atoms with E-state index < -0.39 is 11.7 Å². The van der Waals surface area contributed by atoms with Gasteiger partial charge >= 0.3 is 11.7 Å². The van der Waals surface area contributed by atoms with Gasteiger partial charge in [0.05, 0.1) is 13.2 Å². The molecule has 2 N–H and O–H groups in total. The fourth-order valence-corrected chi connectivity index (χ4v) is 3.09. The van der Waals surface area contributed by atoms with Crippen LogP contribution in [0.15, 0.2) is 9.82 Å². The molecule has 7 nitrogen and oxygen atoms in total. The fourth-order valence-electron chi connectivity index (χ4n) is 2.01. The summed E-state index contributed by atoms with van der Waals surface area (Å²) in [5.74, 6) is -0.379. The SMILES string of the molecule is Cc1[nH]c(=O)nc(SCCN2CCOCC2)c1C(=O)O. The smallest absolute Gasteiger partial charge is 0.346 e. The van der Waals surface area contributed by atoms with Crippen LogP contribution in [0.4, 0.5) is 0 Å². The van der Waals surface area contributed by atoms with Crippen molar-refractivity contribution in [3.05, 3.63) is 21.7 Å². The first-order chi connectivity index (χ1) is 9.58. The molecule has 0 atom stereocenters. The molecule has 0 saturated carbocycles. The van der Waals surface area contributed by atoms with Crippen LogP contribution in [-0.2, 0) is 4.74 Å². The van der Waals surface area contributed by atoms with Gasteiger partial charge in [-0.05, 0) is 6.92 Å². The van der Waals surface area contributed by atoms with Crippen molar-refractivity contribution < 1.29 is 14.6 Å². The molecule has 1 aromatic heterocycles. The van der Waals surface area contributed by atoms with Crippen LogP contribution in [0, 0.1) is 6.92 Å². The number of ether oxygens (including phenoxy) is 1. The standard InChI is InChI=1S/C12H17N3O4S/c1-8-9(11(16)17)10(14-12(18)13-8)20-7-4-15-2-5-19-6-3-15/h2-7H2,1H3,(H,16,17)(H,13,14,18). The predicted molar refractivity (Wildman–Crippen MR) is 74.5 cm³/mol. The summed E-state index contributed by atoms with van der Waals surface area (Å²) in [5.41, 5.74) is -0.0932. The third-order valence-electron chi connectivity index (χ3n) is 3.05. The van der Waals surface area contributed by atoms with E-state index in [2.05, 4.69) is 14.9 Å². The molecule has 0 bridgehead atoms. The maximum Gasteiger partial charge on any atom is 0.346 e. The molecular weight excluding hydrogens is 282 g/mol. The quantitative estimate of drug-likeness (QED) is 0.592. The second-order valence-corrected chi connectivity index (χ2v) is 5.54. The largest absolute Gasteiger partial charge is 0.478 e. The Hall–Kier alpha value is -1.38. The summed E-state index contributed by atoms with van der Waals surface area (Å²) in [6.07, 6.45) is 0. The van der Waals surface area contributed by atoms with E-state index in [9.17, 15) is 14.7 Å². The number of carbonyl (C=O) groups is 1. The molecule has 110 valence electrons. The number of nitrogens with one attached hydrogen (secondary N) is 1. The molecule has 8 heteroatoms. The number of aromatic carboxylic acids is 1. The van der Waals surface area contributed by atoms with E-state index in [1.165, 1.54) is 11.8 Å². The lowest BCUT2D eigenvalue weighted by Gasteiger charge is -2.26. The van der Waals surface area contributed by atoms with E-state index in [1.807, 2.05) is 0 Å². The van der Waals surface area contributed by atoms with Crippen molar-refractivity contribution in [2.75, 3.05) is 38.6 Å². The van der Waals surface area contributed by atoms with Crippen molar-refractivity contribution in [3.63, 3.8) is 0 Å². The molecule has 1 aliphatic heterocycles. The third kappa shape index (κ3) is 3.81. The number of aromatic nitrogens is 2. The summed E-state index contributed by atoms with van der Waals surface area (Å²) in [6, 6.07) is 0. The van der Waals surface area contributed by atoms with E-state index in [4.69, 9.17) is 4.74 Å². The van der Waals surface area contributed by atoms with Crippen LogP contribution in [0.2, 0.25) is 0 Å². The van der Waals surface area contributed by atoms with Crippen LogP contribution >= 0.6 is 11.8 Å². The molecule has 0 aromatic carbocycles. The highest BCUT2D eigenvalue weighted by molar-refractivity contribution is 7.99. The second-order valence-electron chi connectivity index (χ2n) is 4.45. The number of rotatable bonds is 5. The van der Waals surface area contributed by atoms with E-state index in [0.29, 0.717) is 11.4 Å². The lowest BCUT2D eigenvalue weighted by molar-refractivity contribution is 0.0410. The van der Waals surface area contributed by atoms with Crippen LogP contribution in [0.5, 0.6) is 0 Å². The Kier molecular flexibility index (Phi) is 5.16. The molecule has 1 aromatic rings. The summed E-state index contributed by atoms with van der Waals surface area (Å²) in [7, 11) is 0. The third-order valence-corrected chi connectivity index (χ3v) is 4.01. The van der Waals surface area contributed by atoms with Crippen molar-refractivity contribution >= 4 is 17.7 Å². The highest BCUT2D eigenvalue weighted by atomic mass is 32.2. The first-order valence-corrected chi connectivity index (χ1v) is 7.33. The van der Waals surface area contributed by atoms with Gasteiger partial charge in [0.2, 0.25) is 0 Å². The normalized spacial score (nSPS) is 16.2. The minimum Gasteiger partial charge on any atom is -0.478 e. The molecule has 0 unspecified atom stereocenters. The average Bonchev–Trinajstić information content (AvgIpc) is 2.38. The van der Waals surface area contributed by atoms with Crippen molar-refractivity contribution in [3.8, 4) is 0 Å². The summed E-state index contributed by atoms with van der Waals surface area (Å²) in [5, 5.41) is 9.47. The number of aromatic amines is 1. The zero-order valence-electron chi connectivity index (χ0n) is 11.2. The van der Waals surface area contributed by atoms with Gasteiger partial charge < -0.3 is 14.8 Å². The van der Waals surface area contributed by atoms with Crippen molar-refractivity contribution in [1.82, 2.24) is 14.9 Å². The second kappa shape index (κ2) is 6.87. The Morgan fingerprint density at radius 2 is 2.20 bits per heavy atom. The van der Waals surface area contributed by atoms with Gasteiger partial charge in [-0.25, -0.2) is 9.59 Å². The number of H-pyrrole nitrogens is 1. The Morgan fingerprint density at radius 3 is 2.85 bits per heavy atom. The van der Waals surface area contributed by atoms with Crippen molar-refractivity contribution in [1.29, 1.82) is 0 Å². The summed E-state index contributed by atoms with van der Waals surface area (Å²) in [4.78, 5) is 31.0. The first kappa shape index (κ1) is 15.0. The van der Waals surface area contributed by atoms with Crippen LogP contribution in [0.25, 0.3) is 0 Å².